The number of para-hydroxylation sites is 1. The van der Waals surface area contributed by atoms with Crippen LogP contribution in [0.5, 0.6) is 0 Å². The van der Waals surface area contributed by atoms with Gasteiger partial charge in [-0.25, -0.2) is 4.79 Å². The lowest BCUT2D eigenvalue weighted by Crippen LogP contribution is -2.21. The smallest absolute Gasteiger partial charge is 0.374 e. The predicted molar refractivity (Wildman–Crippen MR) is 99.0 cm³/mol. The van der Waals surface area contributed by atoms with E-state index in [0.717, 1.165) is 14.5 Å². The van der Waals surface area contributed by atoms with E-state index in [9.17, 15) is 9.59 Å². The molecule has 3 rings (SSSR count). The molecule has 1 N–H and O–H groups in total. The minimum atomic E-state index is -0.666. The highest BCUT2D eigenvalue weighted by molar-refractivity contribution is 14.1. The Morgan fingerprint density at radius 1 is 1.17 bits per heavy atom. The van der Waals surface area contributed by atoms with Gasteiger partial charge in [0.1, 0.15) is 5.58 Å². The molecule has 1 amide bonds. The van der Waals surface area contributed by atoms with Crippen LogP contribution >= 0.6 is 22.6 Å². The number of ether oxygens (including phenoxy) is 1. The van der Waals surface area contributed by atoms with Crippen LogP contribution in [0.2, 0.25) is 0 Å². The molecule has 1 aromatic heterocycles. The summed E-state index contributed by atoms with van der Waals surface area (Å²) in [7, 11) is 0. The number of carbonyl (C=O) groups is 2. The Labute approximate surface area is 152 Å². The van der Waals surface area contributed by atoms with E-state index in [1.165, 1.54) is 0 Å². The van der Waals surface area contributed by atoms with Crippen LogP contribution in [0.1, 0.15) is 16.1 Å². The fraction of sp³-hybridized carbons (Fsp3) is 0.111. The van der Waals surface area contributed by atoms with Gasteiger partial charge in [-0.2, -0.15) is 0 Å². The number of hydrogen-bond acceptors (Lipinski definition) is 4. The number of anilines is 1. The maximum atomic E-state index is 12.0. The van der Waals surface area contributed by atoms with Crippen molar-refractivity contribution in [3.05, 3.63) is 63.4 Å². The normalized spacial score (nSPS) is 10.6. The van der Waals surface area contributed by atoms with Gasteiger partial charge in [-0.05, 0) is 65.4 Å². The fourth-order valence-corrected chi connectivity index (χ4v) is 2.89. The maximum Gasteiger partial charge on any atom is 0.374 e. The average molecular weight is 435 g/mol. The number of amides is 1. The first-order valence-corrected chi connectivity index (χ1v) is 8.32. The molecule has 122 valence electrons. The van der Waals surface area contributed by atoms with E-state index in [1.54, 1.807) is 12.1 Å². The van der Waals surface area contributed by atoms with E-state index in [0.29, 0.717) is 11.3 Å². The summed E-state index contributed by atoms with van der Waals surface area (Å²) < 4.78 is 11.5. The quantitative estimate of drug-likeness (QED) is 0.494. The molecule has 3 aromatic rings. The van der Waals surface area contributed by atoms with E-state index in [2.05, 4.69) is 27.9 Å². The van der Waals surface area contributed by atoms with Crippen molar-refractivity contribution in [2.45, 2.75) is 6.92 Å². The number of nitrogens with one attached hydrogen (secondary N) is 1. The summed E-state index contributed by atoms with van der Waals surface area (Å²) in [6.45, 7) is 1.53. The van der Waals surface area contributed by atoms with Gasteiger partial charge in [0.25, 0.3) is 5.91 Å². The van der Waals surface area contributed by atoms with Crippen molar-refractivity contribution in [2.24, 2.45) is 0 Å². The standard InChI is InChI=1S/C18H14INO4/c1-11-8-13(19)6-7-14(11)20-17(21)10-23-18(22)16-9-12-4-2-3-5-15(12)24-16/h2-9H,10H2,1H3,(H,20,21). The third kappa shape index (κ3) is 3.76. The molecule has 6 heteroatoms. The first-order chi connectivity index (χ1) is 11.5. The van der Waals surface area contributed by atoms with Crippen LogP contribution in [-0.2, 0) is 9.53 Å². The number of hydrogen-bond donors (Lipinski definition) is 1. The SMILES string of the molecule is Cc1cc(I)ccc1NC(=O)COC(=O)c1cc2ccccc2o1. The number of halogens is 1. The monoisotopic (exact) mass is 435 g/mol. The fourth-order valence-electron chi connectivity index (χ4n) is 2.24. The number of esters is 1. The second kappa shape index (κ2) is 7.04. The molecule has 5 nitrogen and oxygen atoms in total. The Hall–Kier alpha value is -2.35. The van der Waals surface area contributed by atoms with Crippen molar-refractivity contribution in [1.82, 2.24) is 0 Å². The number of carbonyl (C=O) groups excluding carboxylic acids is 2. The van der Waals surface area contributed by atoms with Crippen LogP contribution in [0.4, 0.5) is 5.69 Å². The van der Waals surface area contributed by atoms with Crippen molar-refractivity contribution < 1.29 is 18.7 Å². The molecule has 24 heavy (non-hydrogen) atoms. The van der Waals surface area contributed by atoms with E-state index in [1.807, 2.05) is 43.3 Å². The lowest BCUT2D eigenvalue weighted by atomic mass is 10.2. The van der Waals surface area contributed by atoms with Crippen molar-refractivity contribution in [2.75, 3.05) is 11.9 Å². The molecule has 0 aliphatic heterocycles. The predicted octanol–water partition coefficient (Wildman–Crippen LogP) is 4.14. The summed E-state index contributed by atoms with van der Waals surface area (Å²) in [5.74, 6) is -0.987. The van der Waals surface area contributed by atoms with Gasteiger partial charge >= 0.3 is 5.97 Å². The van der Waals surface area contributed by atoms with Crippen LogP contribution in [0.3, 0.4) is 0 Å². The third-order valence-corrected chi connectivity index (χ3v) is 4.09. The molecule has 0 unspecified atom stereocenters. The minimum absolute atomic E-state index is 0.0782. The molecule has 1 heterocycles. The Morgan fingerprint density at radius 3 is 2.71 bits per heavy atom. The first-order valence-electron chi connectivity index (χ1n) is 7.24. The molecule has 0 bridgehead atoms. The topological polar surface area (TPSA) is 68.5 Å². The zero-order chi connectivity index (χ0) is 17.1. The van der Waals surface area contributed by atoms with Gasteiger partial charge in [0.15, 0.2) is 6.61 Å². The molecule has 0 radical (unpaired) electrons. The summed E-state index contributed by atoms with van der Waals surface area (Å²) in [5, 5.41) is 3.53. The number of furan rings is 1. The van der Waals surface area contributed by atoms with E-state index < -0.39 is 11.9 Å². The zero-order valence-corrected chi connectivity index (χ0v) is 15.0. The average Bonchev–Trinajstić information content (AvgIpc) is 2.99. The summed E-state index contributed by atoms with van der Waals surface area (Å²) in [5.41, 5.74) is 2.24. The summed E-state index contributed by atoms with van der Waals surface area (Å²) >= 11 is 2.20. The van der Waals surface area contributed by atoms with Crippen molar-refractivity contribution in [1.29, 1.82) is 0 Å². The van der Waals surface area contributed by atoms with Crippen LogP contribution in [0.25, 0.3) is 11.0 Å². The van der Waals surface area contributed by atoms with Crippen LogP contribution in [-0.4, -0.2) is 18.5 Å². The van der Waals surface area contributed by atoms with Crippen molar-refractivity contribution in [3.8, 4) is 0 Å². The molecular weight excluding hydrogens is 421 g/mol. The Bertz CT molecular complexity index is 883. The number of fused-ring (bicyclic) bond motifs is 1. The second-order valence-electron chi connectivity index (χ2n) is 5.23. The molecule has 0 aliphatic rings. The van der Waals surface area contributed by atoms with Crippen LogP contribution < -0.4 is 5.32 Å². The number of benzene rings is 2. The van der Waals surface area contributed by atoms with Gasteiger partial charge in [-0.3, -0.25) is 4.79 Å². The minimum Gasteiger partial charge on any atom is -0.450 e. The van der Waals surface area contributed by atoms with Crippen molar-refractivity contribution >= 4 is 51.1 Å². The summed E-state index contributed by atoms with van der Waals surface area (Å²) in [6.07, 6.45) is 0. The van der Waals surface area contributed by atoms with Gasteiger partial charge in [0, 0.05) is 14.6 Å². The highest BCUT2D eigenvalue weighted by atomic mass is 127. The molecule has 0 saturated heterocycles. The van der Waals surface area contributed by atoms with Gasteiger partial charge in [-0.1, -0.05) is 18.2 Å². The Kier molecular flexibility index (Phi) is 4.84. The third-order valence-electron chi connectivity index (χ3n) is 3.42. The van der Waals surface area contributed by atoms with Crippen LogP contribution in [0, 0.1) is 10.5 Å². The first kappa shape index (κ1) is 16.5. The molecule has 0 spiro atoms. The molecule has 0 aliphatic carbocycles. The largest absolute Gasteiger partial charge is 0.450 e. The molecule has 0 saturated carbocycles. The van der Waals surface area contributed by atoms with Gasteiger partial charge < -0.3 is 14.5 Å². The Balaban J connectivity index is 1.60. The van der Waals surface area contributed by atoms with Gasteiger partial charge in [0.05, 0.1) is 0 Å². The lowest BCUT2D eigenvalue weighted by molar-refractivity contribution is -0.119. The zero-order valence-electron chi connectivity index (χ0n) is 12.8. The Morgan fingerprint density at radius 2 is 1.96 bits per heavy atom. The second-order valence-corrected chi connectivity index (χ2v) is 6.48. The summed E-state index contributed by atoms with van der Waals surface area (Å²) in [6, 6.07) is 14.5. The van der Waals surface area contributed by atoms with E-state index in [-0.39, 0.29) is 12.4 Å². The van der Waals surface area contributed by atoms with E-state index in [4.69, 9.17) is 9.15 Å². The summed E-state index contributed by atoms with van der Waals surface area (Å²) in [4.78, 5) is 23.9. The maximum absolute atomic E-state index is 12.0. The molecule has 2 aromatic carbocycles. The molecular formula is C18H14INO4. The van der Waals surface area contributed by atoms with E-state index >= 15 is 0 Å². The molecule has 0 atom stereocenters. The highest BCUT2D eigenvalue weighted by Gasteiger charge is 2.15. The lowest BCUT2D eigenvalue weighted by Gasteiger charge is -2.08. The number of rotatable bonds is 4. The number of aryl methyl sites for hydroxylation is 1. The van der Waals surface area contributed by atoms with Crippen LogP contribution in [0.15, 0.2) is 52.9 Å². The van der Waals surface area contributed by atoms with Gasteiger partial charge in [-0.15, -0.1) is 0 Å². The molecule has 0 fully saturated rings. The highest BCUT2D eigenvalue weighted by Crippen LogP contribution is 2.20. The van der Waals surface area contributed by atoms with Crippen molar-refractivity contribution in [3.63, 3.8) is 0 Å². The van der Waals surface area contributed by atoms with Gasteiger partial charge in [0.2, 0.25) is 5.76 Å².